The minimum atomic E-state index is -0.0912. The van der Waals surface area contributed by atoms with Crippen LogP contribution in [0.25, 0.3) is 0 Å². The fourth-order valence-electron chi connectivity index (χ4n) is 4.05. The summed E-state index contributed by atoms with van der Waals surface area (Å²) in [7, 11) is 0. The first kappa shape index (κ1) is 21.5. The number of morpholine rings is 1. The lowest BCUT2D eigenvalue weighted by Gasteiger charge is -2.45. The summed E-state index contributed by atoms with van der Waals surface area (Å²) in [5.74, 6) is 0. The number of piperidine rings is 1. The minimum Gasteiger partial charge on any atom is -0.373 e. The van der Waals surface area contributed by atoms with Crippen LogP contribution in [0.4, 0.5) is 4.79 Å². The molecule has 2 fully saturated rings. The highest BCUT2D eigenvalue weighted by atomic mass is 16.5. The van der Waals surface area contributed by atoms with Gasteiger partial charge in [0, 0.05) is 37.3 Å². The molecule has 152 valence electrons. The number of hydrogen-bond acceptors (Lipinski definition) is 4. The van der Waals surface area contributed by atoms with Crippen LogP contribution in [0, 0.1) is 0 Å². The van der Waals surface area contributed by atoms with Crippen LogP contribution in [0.15, 0.2) is 0 Å². The van der Waals surface area contributed by atoms with Crippen LogP contribution in [-0.4, -0.2) is 78.4 Å². The Labute approximate surface area is 160 Å². The Kier molecular flexibility index (Phi) is 7.34. The molecular formula is C20H40N4O2. The molecule has 2 aliphatic heterocycles. The second-order valence-electron chi connectivity index (χ2n) is 9.37. The Morgan fingerprint density at radius 2 is 1.35 bits per heavy atom. The van der Waals surface area contributed by atoms with Crippen molar-refractivity contribution in [2.75, 3.05) is 39.3 Å². The maximum Gasteiger partial charge on any atom is 0.314 e. The molecule has 2 rings (SSSR count). The molecule has 2 aliphatic rings. The van der Waals surface area contributed by atoms with Crippen LogP contribution in [0.3, 0.4) is 0 Å². The van der Waals surface area contributed by atoms with Crippen molar-refractivity contribution in [1.82, 2.24) is 20.4 Å². The number of likely N-dealkylation sites (tertiary alicyclic amines) is 1. The molecule has 2 N–H and O–H groups in total. The third-order valence-electron chi connectivity index (χ3n) is 5.85. The van der Waals surface area contributed by atoms with Crippen LogP contribution in [0.1, 0.15) is 60.8 Å². The van der Waals surface area contributed by atoms with Gasteiger partial charge in [-0.3, -0.25) is 9.80 Å². The predicted molar refractivity (Wildman–Crippen MR) is 107 cm³/mol. The third kappa shape index (κ3) is 6.10. The van der Waals surface area contributed by atoms with Gasteiger partial charge in [-0.05, 0) is 67.5 Å². The molecule has 6 nitrogen and oxygen atoms in total. The summed E-state index contributed by atoms with van der Waals surface area (Å²) in [6.45, 7) is 18.4. The van der Waals surface area contributed by atoms with E-state index in [-0.39, 0.29) is 29.3 Å². The van der Waals surface area contributed by atoms with Gasteiger partial charge in [0.1, 0.15) is 0 Å². The lowest BCUT2D eigenvalue weighted by atomic mass is 9.98. The fraction of sp³-hybridized carbons (Fsp3) is 0.950. The van der Waals surface area contributed by atoms with E-state index < -0.39 is 0 Å². The Bertz CT molecular complexity index is 451. The van der Waals surface area contributed by atoms with Gasteiger partial charge in [-0.2, -0.15) is 0 Å². The molecule has 0 aromatic carbocycles. The molecule has 2 heterocycles. The predicted octanol–water partition coefficient (Wildman–Crippen LogP) is 2.44. The van der Waals surface area contributed by atoms with Gasteiger partial charge in [0.05, 0.1) is 12.2 Å². The first-order chi connectivity index (χ1) is 12.1. The van der Waals surface area contributed by atoms with E-state index in [0.29, 0.717) is 13.1 Å². The Morgan fingerprint density at radius 1 is 0.885 bits per heavy atom. The number of amides is 2. The number of urea groups is 1. The number of hydrogen-bond donors (Lipinski definition) is 2. The van der Waals surface area contributed by atoms with Crippen LogP contribution in [0.2, 0.25) is 0 Å². The van der Waals surface area contributed by atoms with E-state index in [0.717, 1.165) is 26.2 Å². The standard InChI is InChI=1S/C20H40N4O2/c1-16-12-24(13-17(2)26-16)20(5,6)15-22-18(25)21-14-19(3,4)23-10-8-7-9-11-23/h16-17H,7-15H2,1-6H3,(H2,21,22,25). The number of ether oxygens (including phenoxy) is 1. The average Bonchev–Trinajstić information content (AvgIpc) is 2.58. The summed E-state index contributed by atoms with van der Waals surface area (Å²) in [6, 6.07) is -0.0717. The molecule has 0 radical (unpaired) electrons. The topological polar surface area (TPSA) is 56.8 Å². The number of nitrogens with one attached hydrogen (secondary N) is 2. The molecule has 2 unspecified atom stereocenters. The molecule has 0 aliphatic carbocycles. The Hall–Kier alpha value is -0.850. The molecule has 2 amide bonds. The molecule has 2 atom stereocenters. The normalized spacial score (nSPS) is 26.5. The maximum atomic E-state index is 12.3. The molecule has 2 saturated heterocycles. The van der Waals surface area contributed by atoms with Crippen molar-refractivity contribution in [3.63, 3.8) is 0 Å². The van der Waals surface area contributed by atoms with Crippen molar-refractivity contribution >= 4 is 6.03 Å². The largest absolute Gasteiger partial charge is 0.373 e. The van der Waals surface area contributed by atoms with Gasteiger partial charge in [0.25, 0.3) is 0 Å². The zero-order valence-electron chi connectivity index (χ0n) is 17.7. The van der Waals surface area contributed by atoms with Gasteiger partial charge >= 0.3 is 6.03 Å². The lowest BCUT2D eigenvalue weighted by Crippen LogP contribution is -2.60. The van der Waals surface area contributed by atoms with Crippen molar-refractivity contribution in [2.24, 2.45) is 0 Å². The monoisotopic (exact) mass is 368 g/mol. The van der Waals surface area contributed by atoms with Crippen molar-refractivity contribution in [1.29, 1.82) is 0 Å². The van der Waals surface area contributed by atoms with Crippen molar-refractivity contribution < 1.29 is 9.53 Å². The fourth-order valence-corrected chi connectivity index (χ4v) is 4.05. The minimum absolute atomic E-state index is 0.00233. The second kappa shape index (κ2) is 8.89. The summed E-state index contributed by atoms with van der Waals surface area (Å²) in [4.78, 5) is 17.3. The van der Waals surface area contributed by atoms with E-state index in [1.165, 1.54) is 19.3 Å². The van der Waals surface area contributed by atoms with Gasteiger partial charge in [-0.25, -0.2) is 4.79 Å². The first-order valence-corrected chi connectivity index (χ1v) is 10.3. The molecule has 0 aromatic rings. The van der Waals surface area contributed by atoms with Crippen LogP contribution in [0.5, 0.6) is 0 Å². The van der Waals surface area contributed by atoms with Crippen molar-refractivity contribution in [2.45, 2.75) is 84.1 Å². The molecule has 0 bridgehead atoms. The van der Waals surface area contributed by atoms with Gasteiger partial charge in [-0.15, -0.1) is 0 Å². The van der Waals surface area contributed by atoms with Gasteiger partial charge < -0.3 is 15.4 Å². The van der Waals surface area contributed by atoms with Crippen LogP contribution < -0.4 is 10.6 Å². The highest BCUT2D eigenvalue weighted by molar-refractivity contribution is 5.74. The van der Waals surface area contributed by atoms with Gasteiger partial charge in [0.2, 0.25) is 0 Å². The van der Waals surface area contributed by atoms with Gasteiger partial charge in [0.15, 0.2) is 0 Å². The molecule has 26 heavy (non-hydrogen) atoms. The highest BCUT2D eigenvalue weighted by Gasteiger charge is 2.34. The lowest BCUT2D eigenvalue weighted by molar-refractivity contribution is -0.0947. The quantitative estimate of drug-likeness (QED) is 0.756. The van der Waals surface area contributed by atoms with E-state index in [4.69, 9.17) is 4.74 Å². The van der Waals surface area contributed by atoms with E-state index in [2.05, 4.69) is 62.0 Å². The third-order valence-corrected chi connectivity index (χ3v) is 5.85. The first-order valence-electron chi connectivity index (χ1n) is 10.3. The highest BCUT2D eigenvalue weighted by Crippen LogP contribution is 2.21. The SMILES string of the molecule is CC1CN(C(C)(C)CNC(=O)NCC(C)(C)N2CCCCC2)CC(C)O1. The molecular weight excluding hydrogens is 328 g/mol. The summed E-state index contributed by atoms with van der Waals surface area (Å²) in [6.07, 6.45) is 4.32. The number of nitrogens with zero attached hydrogens (tertiary/aromatic N) is 2. The van der Waals surface area contributed by atoms with Crippen LogP contribution in [-0.2, 0) is 4.74 Å². The number of rotatable bonds is 6. The van der Waals surface area contributed by atoms with E-state index in [1.807, 2.05) is 0 Å². The van der Waals surface area contributed by atoms with E-state index in [1.54, 1.807) is 0 Å². The number of carbonyl (C=O) groups is 1. The second-order valence-corrected chi connectivity index (χ2v) is 9.37. The average molecular weight is 369 g/mol. The molecule has 0 spiro atoms. The number of carbonyl (C=O) groups excluding carboxylic acids is 1. The van der Waals surface area contributed by atoms with Crippen LogP contribution >= 0.6 is 0 Å². The molecule has 0 aromatic heterocycles. The van der Waals surface area contributed by atoms with Crippen molar-refractivity contribution in [3.8, 4) is 0 Å². The van der Waals surface area contributed by atoms with Crippen molar-refractivity contribution in [3.05, 3.63) is 0 Å². The Morgan fingerprint density at radius 3 is 1.85 bits per heavy atom. The molecule has 6 heteroatoms. The van der Waals surface area contributed by atoms with E-state index in [9.17, 15) is 4.79 Å². The smallest absolute Gasteiger partial charge is 0.314 e. The summed E-state index contributed by atoms with van der Waals surface area (Å²) >= 11 is 0. The summed E-state index contributed by atoms with van der Waals surface area (Å²) in [5.41, 5.74) is -0.0889. The Balaban J connectivity index is 1.76. The zero-order chi connectivity index (χ0) is 19.4. The summed E-state index contributed by atoms with van der Waals surface area (Å²) in [5, 5.41) is 6.15. The molecule has 0 saturated carbocycles. The maximum absolute atomic E-state index is 12.3. The van der Waals surface area contributed by atoms with Gasteiger partial charge in [-0.1, -0.05) is 6.42 Å². The summed E-state index contributed by atoms with van der Waals surface area (Å²) < 4.78 is 5.82. The zero-order valence-corrected chi connectivity index (χ0v) is 17.7. The van der Waals surface area contributed by atoms with E-state index >= 15 is 0 Å².